The molecular formula is C20H26N2OS. The summed E-state index contributed by atoms with van der Waals surface area (Å²) in [5.41, 5.74) is 2.05. The van der Waals surface area contributed by atoms with E-state index >= 15 is 0 Å². The second-order valence-corrected chi connectivity index (χ2v) is 6.91. The third-order valence-electron chi connectivity index (χ3n) is 4.02. The van der Waals surface area contributed by atoms with Gasteiger partial charge in [0, 0.05) is 18.0 Å². The van der Waals surface area contributed by atoms with Gasteiger partial charge in [0.2, 0.25) is 5.91 Å². The molecule has 0 fully saturated rings. The Kier molecular flexibility index (Phi) is 7.19. The summed E-state index contributed by atoms with van der Waals surface area (Å²) >= 11 is 1.60. The molecule has 1 amide bonds. The number of nitrogens with zero attached hydrogens (tertiary/aromatic N) is 2. The summed E-state index contributed by atoms with van der Waals surface area (Å²) in [6.45, 7) is 7.04. The maximum Gasteiger partial charge on any atom is 0.247 e. The van der Waals surface area contributed by atoms with E-state index < -0.39 is 0 Å². The Labute approximate surface area is 149 Å². The van der Waals surface area contributed by atoms with Crippen LogP contribution in [0.3, 0.4) is 0 Å². The summed E-state index contributed by atoms with van der Waals surface area (Å²) in [7, 11) is 0. The molecule has 4 heteroatoms. The fourth-order valence-electron chi connectivity index (χ4n) is 2.77. The first-order valence-corrected chi connectivity index (χ1v) is 9.49. The van der Waals surface area contributed by atoms with Gasteiger partial charge in [-0.25, -0.2) is 4.98 Å². The molecule has 0 aliphatic carbocycles. The largest absolute Gasteiger partial charge is 0.332 e. The smallest absolute Gasteiger partial charge is 0.247 e. The van der Waals surface area contributed by atoms with E-state index in [0.29, 0.717) is 0 Å². The molecule has 1 aromatic heterocycles. The minimum atomic E-state index is 0.0600. The molecule has 0 N–H and O–H groups in total. The lowest BCUT2D eigenvalue weighted by Gasteiger charge is -2.31. The first kappa shape index (κ1) is 18.4. The number of unbranched alkanes of at least 4 members (excludes halogenated alkanes) is 1. The molecule has 128 valence electrons. The summed E-state index contributed by atoms with van der Waals surface area (Å²) in [4.78, 5) is 19.2. The fraction of sp³-hybridized carbons (Fsp3) is 0.400. The fourth-order valence-corrected chi connectivity index (χ4v) is 3.35. The van der Waals surface area contributed by atoms with Crippen LogP contribution in [0, 0.1) is 6.92 Å². The minimum Gasteiger partial charge on any atom is -0.332 e. The average Bonchev–Trinajstić information content (AvgIpc) is 3.02. The first-order valence-electron chi connectivity index (χ1n) is 8.61. The molecule has 0 saturated carbocycles. The van der Waals surface area contributed by atoms with Crippen molar-refractivity contribution >= 4 is 23.3 Å². The summed E-state index contributed by atoms with van der Waals surface area (Å²) < 4.78 is 0. The maximum absolute atomic E-state index is 12.8. The highest BCUT2D eigenvalue weighted by Gasteiger charge is 2.21. The van der Waals surface area contributed by atoms with Crippen molar-refractivity contribution < 1.29 is 4.79 Å². The number of hydrogen-bond donors (Lipinski definition) is 0. The van der Waals surface area contributed by atoms with Gasteiger partial charge in [-0.3, -0.25) is 4.79 Å². The van der Waals surface area contributed by atoms with Crippen molar-refractivity contribution in [2.75, 3.05) is 6.54 Å². The van der Waals surface area contributed by atoms with Crippen LogP contribution in [-0.2, 0) is 4.79 Å². The van der Waals surface area contributed by atoms with Crippen molar-refractivity contribution in [2.24, 2.45) is 0 Å². The second kappa shape index (κ2) is 9.38. The van der Waals surface area contributed by atoms with E-state index in [-0.39, 0.29) is 11.9 Å². The van der Waals surface area contributed by atoms with Gasteiger partial charge in [-0.2, -0.15) is 0 Å². The number of carbonyl (C=O) groups is 1. The van der Waals surface area contributed by atoms with Crippen LogP contribution in [0.5, 0.6) is 0 Å². The number of benzene rings is 1. The van der Waals surface area contributed by atoms with Crippen molar-refractivity contribution in [2.45, 2.75) is 46.1 Å². The number of aromatic nitrogens is 1. The lowest BCUT2D eigenvalue weighted by atomic mass is 10.0. The van der Waals surface area contributed by atoms with Gasteiger partial charge in [-0.1, -0.05) is 50.6 Å². The van der Waals surface area contributed by atoms with Crippen LogP contribution in [0.1, 0.15) is 55.4 Å². The number of aryl methyl sites for hydroxylation is 1. The molecule has 0 aliphatic heterocycles. The highest BCUT2D eigenvalue weighted by Crippen LogP contribution is 2.25. The molecule has 2 rings (SSSR count). The van der Waals surface area contributed by atoms with Gasteiger partial charge >= 0.3 is 0 Å². The number of hydrogen-bond acceptors (Lipinski definition) is 3. The van der Waals surface area contributed by atoms with Gasteiger partial charge in [0.15, 0.2) is 0 Å². The average molecular weight is 343 g/mol. The minimum absolute atomic E-state index is 0.0600. The highest BCUT2D eigenvalue weighted by molar-refractivity contribution is 7.09. The summed E-state index contributed by atoms with van der Waals surface area (Å²) in [6, 6.07) is 10.4. The topological polar surface area (TPSA) is 33.2 Å². The zero-order valence-corrected chi connectivity index (χ0v) is 15.6. The normalized spacial score (nSPS) is 12.5. The van der Waals surface area contributed by atoms with E-state index in [4.69, 9.17) is 0 Å². The first-order chi connectivity index (χ1) is 11.7. The third-order valence-corrected chi connectivity index (χ3v) is 4.81. The van der Waals surface area contributed by atoms with Crippen molar-refractivity contribution in [3.8, 4) is 0 Å². The van der Waals surface area contributed by atoms with E-state index in [9.17, 15) is 4.79 Å². The predicted octanol–water partition coefficient (Wildman–Crippen LogP) is 5.24. The lowest BCUT2D eigenvalue weighted by molar-refractivity contribution is -0.128. The molecule has 0 saturated heterocycles. The molecule has 1 heterocycles. The van der Waals surface area contributed by atoms with E-state index in [2.05, 4.69) is 31.0 Å². The van der Waals surface area contributed by atoms with Crippen LogP contribution < -0.4 is 0 Å². The molecule has 0 radical (unpaired) electrons. The monoisotopic (exact) mass is 342 g/mol. The summed E-state index contributed by atoms with van der Waals surface area (Å²) in [5, 5.41) is 2.99. The molecule has 1 aromatic carbocycles. The Morgan fingerprint density at radius 1 is 1.29 bits per heavy atom. The van der Waals surface area contributed by atoms with E-state index in [1.54, 1.807) is 17.4 Å². The number of amides is 1. The van der Waals surface area contributed by atoms with Gasteiger partial charge in [0.1, 0.15) is 0 Å². The van der Waals surface area contributed by atoms with Crippen LogP contribution in [-0.4, -0.2) is 22.3 Å². The van der Waals surface area contributed by atoms with Gasteiger partial charge < -0.3 is 4.90 Å². The zero-order chi connectivity index (χ0) is 17.4. The van der Waals surface area contributed by atoms with E-state index in [1.807, 2.05) is 41.5 Å². The van der Waals surface area contributed by atoms with Gasteiger partial charge in [0.25, 0.3) is 0 Å². The quantitative estimate of drug-likeness (QED) is 0.614. The second-order valence-electron chi connectivity index (χ2n) is 5.84. The van der Waals surface area contributed by atoms with Crippen molar-refractivity contribution in [1.82, 2.24) is 9.88 Å². The van der Waals surface area contributed by atoms with Crippen molar-refractivity contribution in [1.29, 1.82) is 0 Å². The Balaban J connectivity index is 2.19. The highest BCUT2D eigenvalue weighted by atomic mass is 32.1. The molecule has 0 aliphatic rings. The Morgan fingerprint density at radius 3 is 2.62 bits per heavy atom. The lowest BCUT2D eigenvalue weighted by Crippen LogP contribution is -2.34. The van der Waals surface area contributed by atoms with Gasteiger partial charge in [-0.05, 0) is 31.4 Å². The van der Waals surface area contributed by atoms with Crippen LogP contribution in [0.2, 0.25) is 0 Å². The number of rotatable bonds is 8. The van der Waals surface area contributed by atoms with Crippen molar-refractivity contribution in [3.05, 3.63) is 58.1 Å². The molecule has 1 atom stereocenters. The zero-order valence-electron chi connectivity index (χ0n) is 14.7. The van der Waals surface area contributed by atoms with Crippen molar-refractivity contribution in [3.63, 3.8) is 0 Å². The molecule has 0 bridgehead atoms. The maximum atomic E-state index is 12.8. The van der Waals surface area contributed by atoms with Crippen LogP contribution in [0.15, 0.2) is 41.8 Å². The molecule has 0 unspecified atom stereocenters. The molecular weight excluding hydrogens is 316 g/mol. The third kappa shape index (κ3) is 5.03. The number of thiazole rings is 1. The van der Waals surface area contributed by atoms with Crippen LogP contribution in [0.25, 0.3) is 6.08 Å². The Bertz CT molecular complexity index is 663. The Morgan fingerprint density at radius 2 is 2.04 bits per heavy atom. The summed E-state index contributed by atoms with van der Waals surface area (Å²) in [6.07, 6.45) is 6.48. The number of carbonyl (C=O) groups excluding carboxylic acids is 1. The van der Waals surface area contributed by atoms with E-state index in [0.717, 1.165) is 36.5 Å². The standard InChI is InChI=1S/C20H26N2OS/c1-4-6-14-22(19(5-2)17-10-8-7-9-11-17)20(23)13-12-18-15-24-16(3)21-18/h7-13,15,19H,4-6,14H2,1-3H3/b13-12+/t19-/m1/s1. The van der Waals surface area contributed by atoms with E-state index in [1.165, 1.54) is 5.56 Å². The molecule has 24 heavy (non-hydrogen) atoms. The van der Waals surface area contributed by atoms with Crippen LogP contribution >= 0.6 is 11.3 Å². The van der Waals surface area contributed by atoms with Gasteiger partial charge in [0.05, 0.1) is 16.7 Å². The molecule has 0 spiro atoms. The molecule has 3 nitrogen and oxygen atoms in total. The summed E-state index contributed by atoms with van der Waals surface area (Å²) in [5.74, 6) is 0.0600. The van der Waals surface area contributed by atoms with Crippen LogP contribution in [0.4, 0.5) is 0 Å². The predicted molar refractivity (Wildman–Crippen MR) is 102 cm³/mol. The SMILES string of the molecule is CCCCN(C(=O)/C=C/c1csc(C)n1)[C@H](CC)c1ccccc1. The van der Waals surface area contributed by atoms with Gasteiger partial charge in [-0.15, -0.1) is 11.3 Å². The molecule has 2 aromatic rings. The Hall–Kier alpha value is -1.94.